The minimum Gasteiger partial charge on any atom is -0.494 e. The van der Waals surface area contributed by atoms with Crippen LogP contribution in [0.15, 0.2) is 115 Å². The van der Waals surface area contributed by atoms with E-state index in [2.05, 4.69) is 11.4 Å². The number of ether oxygens (including phenoxy) is 1. The lowest BCUT2D eigenvalue weighted by atomic mass is 10.00. The van der Waals surface area contributed by atoms with Gasteiger partial charge in [-0.2, -0.15) is 0 Å². The van der Waals surface area contributed by atoms with Crippen LogP contribution in [-0.4, -0.2) is 46.9 Å². The predicted molar refractivity (Wildman–Crippen MR) is 173 cm³/mol. The molecule has 0 bridgehead atoms. The third-order valence-electron chi connectivity index (χ3n) is 7.12. The number of carboxylic acid groups (broad SMARTS) is 1. The number of hydrogen-bond donors (Lipinski definition) is 2. The van der Waals surface area contributed by atoms with Crippen molar-refractivity contribution in [3.05, 3.63) is 143 Å². The average Bonchev–Trinajstić information content (AvgIpc) is 3.03. The van der Waals surface area contributed by atoms with Gasteiger partial charge in [0.15, 0.2) is 5.78 Å². The number of hydrogen-bond acceptors (Lipinski definition) is 5. The smallest absolute Gasteiger partial charge is 0.326 e. The first kappa shape index (κ1) is 31.8. The molecule has 226 valence electrons. The van der Waals surface area contributed by atoms with Gasteiger partial charge >= 0.3 is 5.97 Å². The number of carbonyl (C=O) groups excluding carboxylic acids is 2. The summed E-state index contributed by atoms with van der Waals surface area (Å²) in [6.45, 7) is 5.38. The van der Waals surface area contributed by atoms with E-state index in [1.807, 2.05) is 67.3 Å². The fraction of sp³-hybridized carbons (Fsp3) is 0.216. The van der Waals surface area contributed by atoms with Crippen molar-refractivity contribution in [3.63, 3.8) is 0 Å². The predicted octanol–water partition coefficient (Wildman–Crippen LogP) is 6.71. The van der Waals surface area contributed by atoms with Crippen LogP contribution in [0, 0.1) is 6.92 Å². The largest absolute Gasteiger partial charge is 0.494 e. The molecule has 7 heteroatoms. The molecule has 0 heterocycles. The highest BCUT2D eigenvalue weighted by Gasteiger charge is 2.21. The Morgan fingerprint density at radius 3 is 2.32 bits per heavy atom. The maximum atomic E-state index is 13.1. The van der Waals surface area contributed by atoms with Crippen molar-refractivity contribution in [2.75, 3.05) is 18.5 Å². The van der Waals surface area contributed by atoms with Crippen molar-refractivity contribution < 1.29 is 24.2 Å². The molecule has 44 heavy (non-hydrogen) atoms. The highest BCUT2D eigenvalue weighted by Crippen LogP contribution is 2.22. The molecule has 4 rings (SSSR count). The summed E-state index contributed by atoms with van der Waals surface area (Å²) in [7, 11) is 0. The summed E-state index contributed by atoms with van der Waals surface area (Å²) in [6, 6.07) is 30.4. The first-order valence-corrected chi connectivity index (χ1v) is 14.7. The van der Waals surface area contributed by atoms with Crippen molar-refractivity contribution in [1.29, 1.82) is 0 Å². The molecule has 0 unspecified atom stereocenters. The van der Waals surface area contributed by atoms with Gasteiger partial charge in [-0.05, 0) is 61.7 Å². The van der Waals surface area contributed by atoms with Crippen LogP contribution in [0.5, 0.6) is 5.75 Å². The van der Waals surface area contributed by atoms with Crippen LogP contribution in [0.25, 0.3) is 0 Å². The fourth-order valence-electron chi connectivity index (χ4n) is 4.89. The van der Waals surface area contributed by atoms with E-state index in [9.17, 15) is 19.5 Å². The number of nitrogens with zero attached hydrogens (tertiary/aromatic N) is 1. The van der Waals surface area contributed by atoms with Crippen LogP contribution in [0.4, 0.5) is 5.69 Å². The van der Waals surface area contributed by atoms with Crippen LogP contribution in [0.3, 0.4) is 0 Å². The molecule has 0 saturated heterocycles. The molecule has 1 amide bonds. The second-order valence-electron chi connectivity index (χ2n) is 10.6. The molecule has 7 nitrogen and oxygen atoms in total. The molecule has 0 aliphatic rings. The summed E-state index contributed by atoms with van der Waals surface area (Å²) >= 11 is 0. The van der Waals surface area contributed by atoms with Gasteiger partial charge in [0.05, 0.1) is 6.61 Å². The zero-order valence-electron chi connectivity index (χ0n) is 25.1. The summed E-state index contributed by atoms with van der Waals surface area (Å²) in [4.78, 5) is 39.7. The van der Waals surface area contributed by atoms with E-state index in [0.717, 1.165) is 16.7 Å². The van der Waals surface area contributed by atoms with E-state index >= 15 is 0 Å². The number of nitrogens with one attached hydrogen (secondary N) is 1. The number of aryl methyl sites for hydroxylation is 1. The van der Waals surface area contributed by atoms with Gasteiger partial charge in [-0.15, -0.1) is 0 Å². The van der Waals surface area contributed by atoms with Crippen molar-refractivity contribution in [2.45, 2.75) is 39.3 Å². The monoisotopic (exact) mass is 590 g/mol. The van der Waals surface area contributed by atoms with Crippen LogP contribution < -0.4 is 10.1 Å². The van der Waals surface area contributed by atoms with Gasteiger partial charge in [0.2, 0.25) is 5.91 Å². The van der Waals surface area contributed by atoms with Crippen LogP contribution >= 0.6 is 0 Å². The lowest BCUT2D eigenvalue weighted by molar-refractivity contribution is -0.137. The zero-order chi connectivity index (χ0) is 31.3. The summed E-state index contributed by atoms with van der Waals surface area (Å²) < 4.78 is 5.93. The van der Waals surface area contributed by atoms with Crippen molar-refractivity contribution >= 4 is 23.3 Å². The fourth-order valence-corrected chi connectivity index (χ4v) is 4.89. The Morgan fingerprint density at radius 2 is 1.61 bits per heavy atom. The molecule has 4 aromatic carbocycles. The second kappa shape index (κ2) is 15.9. The molecule has 2 N–H and O–H groups in total. The third-order valence-corrected chi connectivity index (χ3v) is 7.12. The zero-order valence-corrected chi connectivity index (χ0v) is 25.1. The Kier molecular flexibility index (Phi) is 11.5. The van der Waals surface area contributed by atoms with Gasteiger partial charge < -0.3 is 20.1 Å². The van der Waals surface area contributed by atoms with Gasteiger partial charge in [0.25, 0.3) is 0 Å². The van der Waals surface area contributed by atoms with Crippen LogP contribution in [0.1, 0.15) is 46.0 Å². The highest BCUT2D eigenvalue weighted by molar-refractivity contribution is 6.12. The summed E-state index contributed by atoms with van der Waals surface area (Å²) in [5.74, 6) is -0.566. The Hall–Kier alpha value is -5.17. The lowest BCUT2D eigenvalue weighted by Crippen LogP contribution is -2.32. The van der Waals surface area contributed by atoms with Crippen molar-refractivity contribution in [3.8, 4) is 5.75 Å². The minimum absolute atomic E-state index is 0.0352. The number of para-hydroxylation sites is 1. The molecular weight excluding hydrogens is 552 g/mol. The van der Waals surface area contributed by atoms with Gasteiger partial charge in [-0.3, -0.25) is 9.59 Å². The average molecular weight is 591 g/mol. The SMILES string of the molecule is CC=CC(=O)N(CCCOc1ccc(C[C@H](Nc2ccccc2C(=O)c2ccccc2)C(=O)O)cc1)Cc1cccc(C)c1. The topological polar surface area (TPSA) is 95.9 Å². The number of aliphatic carboxylic acids is 1. The first-order chi connectivity index (χ1) is 21.3. The molecule has 4 aromatic rings. The number of rotatable bonds is 15. The van der Waals surface area contributed by atoms with Gasteiger partial charge in [-0.25, -0.2) is 4.79 Å². The minimum atomic E-state index is -1.02. The Bertz CT molecular complexity index is 1580. The maximum Gasteiger partial charge on any atom is 0.326 e. The normalized spacial score (nSPS) is 11.6. The maximum absolute atomic E-state index is 13.1. The molecule has 0 saturated carbocycles. The number of amides is 1. The second-order valence-corrected chi connectivity index (χ2v) is 10.6. The van der Waals surface area contributed by atoms with Crippen LogP contribution in [0.2, 0.25) is 0 Å². The lowest BCUT2D eigenvalue weighted by Gasteiger charge is -2.22. The summed E-state index contributed by atoms with van der Waals surface area (Å²) in [5, 5.41) is 13.0. The van der Waals surface area contributed by atoms with Crippen molar-refractivity contribution in [2.24, 2.45) is 0 Å². The Balaban J connectivity index is 1.33. The highest BCUT2D eigenvalue weighted by atomic mass is 16.5. The number of benzene rings is 4. The molecule has 1 atom stereocenters. The van der Waals surface area contributed by atoms with E-state index in [4.69, 9.17) is 4.74 Å². The molecule has 0 aliphatic carbocycles. The number of ketones is 1. The van der Waals surface area contributed by atoms with E-state index in [-0.39, 0.29) is 18.1 Å². The standard InChI is InChI=1S/C37H38N2O5/c1-3-11-35(40)39(26-29-13-9-12-27(2)24-29)22-10-23-44-31-20-18-28(19-21-31)25-34(37(42)43)38-33-17-8-7-16-32(33)36(41)30-14-5-4-6-15-30/h3-9,11-21,24,34,38H,10,22-23,25-26H2,1-2H3,(H,42,43)/t34-/m0/s1. The quantitative estimate of drug-likeness (QED) is 0.0908. The Morgan fingerprint density at radius 1 is 0.886 bits per heavy atom. The van der Waals surface area contributed by atoms with Crippen LogP contribution in [-0.2, 0) is 22.6 Å². The molecule has 0 spiro atoms. The third kappa shape index (κ3) is 9.16. The molecule has 0 radical (unpaired) electrons. The number of carbonyl (C=O) groups is 3. The first-order valence-electron chi connectivity index (χ1n) is 14.7. The van der Waals surface area contributed by atoms with E-state index in [0.29, 0.717) is 48.7 Å². The number of allylic oxidation sites excluding steroid dienone is 1. The van der Waals surface area contributed by atoms with Crippen molar-refractivity contribution in [1.82, 2.24) is 4.90 Å². The number of anilines is 1. The number of carboxylic acids is 1. The molecule has 0 aliphatic heterocycles. The van der Waals surface area contributed by atoms with E-state index < -0.39 is 12.0 Å². The summed E-state index contributed by atoms with van der Waals surface area (Å²) in [6.07, 6.45) is 4.19. The van der Waals surface area contributed by atoms with E-state index in [1.54, 1.807) is 60.7 Å². The van der Waals surface area contributed by atoms with E-state index in [1.165, 1.54) is 0 Å². The molecule has 0 aromatic heterocycles. The molecule has 0 fully saturated rings. The van der Waals surface area contributed by atoms with Gasteiger partial charge in [-0.1, -0.05) is 90.5 Å². The Labute approximate surface area is 258 Å². The van der Waals surface area contributed by atoms with Gasteiger partial charge in [0.1, 0.15) is 11.8 Å². The summed E-state index contributed by atoms with van der Waals surface area (Å²) in [5.41, 5.74) is 4.47. The van der Waals surface area contributed by atoms with Gasteiger partial charge in [0, 0.05) is 36.3 Å². The molecular formula is C37H38N2O5.